The molecule has 0 heterocycles. The lowest BCUT2D eigenvalue weighted by Crippen LogP contribution is -2.34. The van der Waals surface area contributed by atoms with Crippen LogP contribution in [-0.4, -0.2) is 42.1 Å². The van der Waals surface area contributed by atoms with Gasteiger partial charge in [-0.1, -0.05) is 46.8 Å². The van der Waals surface area contributed by atoms with Crippen molar-refractivity contribution in [2.75, 3.05) is 26.2 Å². The maximum Gasteiger partial charge on any atom is 0.255 e. The number of likely N-dealkylation sites (N-methyl/N-ethyl adjacent to an activating group) is 1. The molecule has 0 unspecified atom stereocenters. The maximum absolute atomic E-state index is 12.2. The normalized spacial score (nSPS) is 11.2. The van der Waals surface area contributed by atoms with Gasteiger partial charge in [0, 0.05) is 18.7 Å². The molecule has 1 rings (SSSR count). The van der Waals surface area contributed by atoms with Crippen molar-refractivity contribution >= 4 is 18.3 Å². The Morgan fingerprint density at radius 3 is 2.32 bits per heavy atom. The van der Waals surface area contributed by atoms with Gasteiger partial charge in [0.25, 0.3) is 5.91 Å². The fraction of sp³-hybridized carbons (Fsp3) is 0.588. The van der Waals surface area contributed by atoms with Gasteiger partial charge in [-0.3, -0.25) is 4.79 Å². The number of phenolic OH excluding ortho intramolecular Hbond substituents is 1. The fourth-order valence-corrected chi connectivity index (χ4v) is 2.29. The first-order valence-corrected chi connectivity index (χ1v) is 7.64. The third-order valence-corrected chi connectivity index (χ3v) is 3.70. The lowest BCUT2D eigenvalue weighted by atomic mass is 9.85. The van der Waals surface area contributed by atoms with E-state index in [1.54, 1.807) is 6.07 Å². The number of carbonyl (C=O) groups excluding carboxylic acids is 1. The minimum absolute atomic E-state index is 0. The molecule has 0 aliphatic rings. The molecule has 5 heteroatoms. The van der Waals surface area contributed by atoms with Gasteiger partial charge in [-0.05, 0) is 24.6 Å². The van der Waals surface area contributed by atoms with E-state index in [-0.39, 0.29) is 29.5 Å². The van der Waals surface area contributed by atoms with Gasteiger partial charge in [-0.25, -0.2) is 0 Å². The molecule has 1 aromatic rings. The number of hydrogen-bond donors (Lipinski definition) is 2. The summed E-state index contributed by atoms with van der Waals surface area (Å²) in [5, 5.41) is 13.2. The van der Waals surface area contributed by atoms with Gasteiger partial charge in [0.15, 0.2) is 0 Å². The molecule has 0 radical (unpaired) electrons. The van der Waals surface area contributed by atoms with Crippen LogP contribution in [0.1, 0.15) is 50.5 Å². The first kappa shape index (κ1) is 20.7. The Kier molecular flexibility index (Phi) is 8.49. The molecule has 0 aliphatic carbocycles. The van der Waals surface area contributed by atoms with E-state index >= 15 is 0 Å². The number of carbonyl (C=O) groups is 1. The van der Waals surface area contributed by atoms with Crippen LogP contribution in [0.15, 0.2) is 18.2 Å². The van der Waals surface area contributed by atoms with Crippen molar-refractivity contribution < 1.29 is 9.90 Å². The van der Waals surface area contributed by atoms with E-state index in [0.29, 0.717) is 12.1 Å². The van der Waals surface area contributed by atoms with Crippen molar-refractivity contribution in [3.05, 3.63) is 29.3 Å². The van der Waals surface area contributed by atoms with Crippen molar-refractivity contribution in [3.63, 3.8) is 0 Å². The second kappa shape index (κ2) is 9.01. The summed E-state index contributed by atoms with van der Waals surface area (Å²) in [7, 11) is 0. The Bertz CT molecular complexity index is 480. The molecule has 1 amide bonds. The van der Waals surface area contributed by atoms with Crippen molar-refractivity contribution in [2.45, 2.75) is 40.0 Å². The quantitative estimate of drug-likeness (QED) is 0.843. The summed E-state index contributed by atoms with van der Waals surface area (Å²) < 4.78 is 0. The Balaban J connectivity index is 0.00000441. The van der Waals surface area contributed by atoms with Crippen molar-refractivity contribution in [1.82, 2.24) is 10.2 Å². The molecular formula is C17H29ClN2O2. The summed E-state index contributed by atoms with van der Waals surface area (Å²) >= 11 is 0. The highest BCUT2D eigenvalue weighted by Gasteiger charge is 2.22. The van der Waals surface area contributed by atoms with Crippen molar-refractivity contribution in [1.29, 1.82) is 0 Å². The molecule has 2 N–H and O–H groups in total. The minimum Gasteiger partial charge on any atom is -0.507 e. The molecule has 0 saturated heterocycles. The second-order valence-corrected chi connectivity index (χ2v) is 6.23. The van der Waals surface area contributed by atoms with Crippen LogP contribution in [-0.2, 0) is 5.41 Å². The number of amides is 1. The number of nitrogens with zero attached hydrogens (tertiary/aromatic N) is 1. The Labute approximate surface area is 140 Å². The van der Waals surface area contributed by atoms with Crippen LogP contribution in [0, 0.1) is 0 Å². The largest absolute Gasteiger partial charge is 0.507 e. The fourth-order valence-electron chi connectivity index (χ4n) is 2.29. The van der Waals surface area contributed by atoms with E-state index < -0.39 is 0 Å². The molecule has 0 aromatic heterocycles. The zero-order valence-corrected chi connectivity index (χ0v) is 15.1. The van der Waals surface area contributed by atoms with Crippen LogP contribution in [0.3, 0.4) is 0 Å². The van der Waals surface area contributed by atoms with Gasteiger partial charge in [-0.2, -0.15) is 0 Å². The van der Waals surface area contributed by atoms with Gasteiger partial charge in [0.05, 0.1) is 5.56 Å². The summed E-state index contributed by atoms with van der Waals surface area (Å²) in [6, 6.07) is 5.35. The lowest BCUT2D eigenvalue weighted by molar-refractivity contribution is 0.0946. The zero-order valence-electron chi connectivity index (χ0n) is 14.3. The molecule has 1 aromatic carbocycles. The average molecular weight is 329 g/mol. The number of para-hydroxylation sites is 1. The SMILES string of the molecule is CCN(CC)CCNC(=O)c1cccc(C(C)(C)C)c1O.Cl. The van der Waals surface area contributed by atoms with E-state index in [1.165, 1.54) is 0 Å². The standard InChI is InChI=1S/C17H28N2O2.ClH/c1-6-19(7-2)12-11-18-16(21)13-9-8-10-14(15(13)20)17(3,4)5;/h8-10,20H,6-7,11-12H2,1-5H3,(H,18,21);1H. The van der Waals surface area contributed by atoms with E-state index in [0.717, 1.165) is 25.2 Å². The molecule has 4 nitrogen and oxygen atoms in total. The first-order chi connectivity index (χ1) is 9.81. The van der Waals surface area contributed by atoms with Crippen LogP contribution in [0.5, 0.6) is 5.75 Å². The number of aromatic hydroxyl groups is 1. The molecule has 126 valence electrons. The van der Waals surface area contributed by atoms with E-state index in [9.17, 15) is 9.90 Å². The molecule has 0 atom stereocenters. The lowest BCUT2D eigenvalue weighted by Gasteiger charge is -2.22. The Hall–Kier alpha value is -1.26. The summed E-state index contributed by atoms with van der Waals surface area (Å²) in [5.74, 6) is -0.129. The monoisotopic (exact) mass is 328 g/mol. The van der Waals surface area contributed by atoms with Gasteiger partial charge >= 0.3 is 0 Å². The maximum atomic E-state index is 12.2. The molecule has 0 bridgehead atoms. The van der Waals surface area contributed by atoms with Gasteiger partial charge in [-0.15, -0.1) is 12.4 Å². The number of halogens is 1. The average Bonchev–Trinajstić information content (AvgIpc) is 2.42. The topological polar surface area (TPSA) is 52.6 Å². The molecule has 0 aliphatic heterocycles. The van der Waals surface area contributed by atoms with Crippen molar-refractivity contribution in [3.8, 4) is 5.75 Å². The Morgan fingerprint density at radius 2 is 1.82 bits per heavy atom. The van der Waals surface area contributed by atoms with Gasteiger partial charge in [0.1, 0.15) is 5.75 Å². The second-order valence-electron chi connectivity index (χ2n) is 6.23. The van der Waals surface area contributed by atoms with Crippen LogP contribution >= 0.6 is 12.4 Å². The predicted molar refractivity (Wildman–Crippen MR) is 94.2 cm³/mol. The number of hydrogen-bond acceptors (Lipinski definition) is 3. The third kappa shape index (κ3) is 5.50. The van der Waals surface area contributed by atoms with Crippen LogP contribution < -0.4 is 5.32 Å². The molecule has 22 heavy (non-hydrogen) atoms. The van der Waals surface area contributed by atoms with E-state index in [4.69, 9.17) is 0 Å². The highest BCUT2D eigenvalue weighted by molar-refractivity contribution is 5.97. The molecule has 0 fully saturated rings. The van der Waals surface area contributed by atoms with Gasteiger partial charge < -0.3 is 15.3 Å². The number of benzene rings is 1. The van der Waals surface area contributed by atoms with E-state index in [2.05, 4.69) is 24.1 Å². The van der Waals surface area contributed by atoms with Crippen LogP contribution in [0.4, 0.5) is 0 Å². The third-order valence-electron chi connectivity index (χ3n) is 3.70. The van der Waals surface area contributed by atoms with Crippen LogP contribution in [0.25, 0.3) is 0 Å². The summed E-state index contributed by atoms with van der Waals surface area (Å²) in [4.78, 5) is 14.5. The van der Waals surface area contributed by atoms with Crippen molar-refractivity contribution in [2.24, 2.45) is 0 Å². The number of nitrogens with one attached hydrogen (secondary N) is 1. The zero-order chi connectivity index (χ0) is 16.0. The summed E-state index contributed by atoms with van der Waals surface area (Å²) in [6.07, 6.45) is 0. The summed E-state index contributed by atoms with van der Waals surface area (Å²) in [5.41, 5.74) is 0.947. The first-order valence-electron chi connectivity index (χ1n) is 7.64. The van der Waals surface area contributed by atoms with E-state index in [1.807, 2.05) is 32.9 Å². The number of rotatable bonds is 6. The number of phenols is 1. The molecule has 0 spiro atoms. The molecular weight excluding hydrogens is 300 g/mol. The minimum atomic E-state index is -0.217. The summed E-state index contributed by atoms with van der Waals surface area (Å²) in [6.45, 7) is 13.6. The highest BCUT2D eigenvalue weighted by Crippen LogP contribution is 2.32. The smallest absolute Gasteiger partial charge is 0.255 e. The predicted octanol–water partition coefficient (Wildman–Crippen LogP) is 3.18. The highest BCUT2D eigenvalue weighted by atomic mass is 35.5. The van der Waals surface area contributed by atoms with Gasteiger partial charge in [0.2, 0.25) is 0 Å². The Morgan fingerprint density at radius 1 is 1.23 bits per heavy atom. The molecule has 0 saturated carbocycles. The van der Waals surface area contributed by atoms with Crippen LogP contribution in [0.2, 0.25) is 0 Å².